The van der Waals surface area contributed by atoms with Crippen molar-refractivity contribution in [1.82, 2.24) is 10.4 Å². The Labute approximate surface area is 237 Å². The number of carbonyl (C=O) groups is 1. The lowest BCUT2D eigenvalue weighted by atomic mass is 10.0. The first kappa shape index (κ1) is 26.0. The summed E-state index contributed by atoms with van der Waals surface area (Å²) in [6.07, 6.45) is 1.56. The van der Waals surface area contributed by atoms with Gasteiger partial charge in [-0.15, -0.1) is 0 Å². The highest BCUT2D eigenvalue weighted by molar-refractivity contribution is 14.1. The highest BCUT2D eigenvalue weighted by Gasteiger charge is 2.14. The van der Waals surface area contributed by atoms with Crippen LogP contribution in [-0.4, -0.2) is 22.0 Å². The number of nitro groups is 1. The predicted octanol–water partition coefficient (Wildman–Crippen LogP) is 6.76. The smallest absolute Gasteiger partial charge is 0.272 e. The van der Waals surface area contributed by atoms with E-state index < -0.39 is 4.92 Å². The fourth-order valence-electron chi connectivity index (χ4n) is 3.98. The molecule has 4 aromatic carbocycles. The number of nitrogens with one attached hydrogen (secondary N) is 1. The number of amides is 1. The molecule has 192 valence electrons. The van der Waals surface area contributed by atoms with Gasteiger partial charge in [0.2, 0.25) is 0 Å². The Bertz CT molecular complexity index is 1710. The van der Waals surface area contributed by atoms with Crippen LogP contribution in [-0.2, 0) is 6.61 Å². The second kappa shape index (κ2) is 11.8. The zero-order chi connectivity index (χ0) is 27.2. The Balaban J connectivity index is 1.28. The molecule has 1 amide bonds. The molecule has 1 aromatic heterocycles. The molecule has 0 radical (unpaired) electrons. The van der Waals surface area contributed by atoms with Crippen molar-refractivity contribution in [2.24, 2.45) is 5.10 Å². The molecule has 0 saturated carbocycles. The van der Waals surface area contributed by atoms with Crippen LogP contribution in [0.3, 0.4) is 0 Å². The quantitative estimate of drug-likeness (QED) is 0.0885. The zero-order valence-electron chi connectivity index (χ0n) is 20.5. The third-order valence-corrected chi connectivity index (χ3v) is 6.72. The van der Waals surface area contributed by atoms with Gasteiger partial charge < -0.3 is 4.74 Å². The summed E-state index contributed by atoms with van der Waals surface area (Å²) >= 11 is 2.15. The lowest BCUT2D eigenvalue weighted by Crippen LogP contribution is -2.18. The van der Waals surface area contributed by atoms with Crippen LogP contribution in [0.1, 0.15) is 21.5 Å². The van der Waals surface area contributed by atoms with E-state index in [-0.39, 0.29) is 18.2 Å². The molecule has 39 heavy (non-hydrogen) atoms. The first-order chi connectivity index (χ1) is 19.0. The van der Waals surface area contributed by atoms with Gasteiger partial charge in [-0.2, -0.15) is 5.10 Å². The number of hydrogen-bond acceptors (Lipinski definition) is 6. The number of nitro benzene ring substituents is 1. The standard InChI is InChI=1S/C30H21IN4O4/c31-26-16-20(13-14-29(26)39-19-21-7-6-10-23(15-21)35(37)38)18-32-34-30(36)25-17-28(22-8-2-1-3-9-22)33-27-12-5-4-11-24(25)27/h1-18H,19H2,(H,34,36)/b32-18+. The molecule has 5 rings (SSSR count). The summed E-state index contributed by atoms with van der Waals surface area (Å²) in [6, 6.07) is 30.8. The average molecular weight is 628 g/mol. The van der Waals surface area contributed by atoms with Crippen LogP contribution in [0.25, 0.3) is 22.2 Å². The number of para-hydroxylation sites is 1. The Morgan fingerprint density at radius 2 is 1.77 bits per heavy atom. The first-order valence-corrected chi connectivity index (χ1v) is 13.0. The second-order valence-corrected chi connectivity index (χ2v) is 9.71. The maximum Gasteiger partial charge on any atom is 0.272 e. The number of rotatable bonds is 8. The lowest BCUT2D eigenvalue weighted by molar-refractivity contribution is -0.384. The molecule has 0 saturated heterocycles. The predicted molar refractivity (Wildman–Crippen MR) is 159 cm³/mol. The van der Waals surface area contributed by atoms with Crippen molar-refractivity contribution in [1.29, 1.82) is 0 Å². The largest absolute Gasteiger partial charge is 0.488 e. The van der Waals surface area contributed by atoms with Crippen LogP contribution < -0.4 is 10.2 Å². The van der Waals surface area contributed by atoms with Crippen molar-refractivity contribution in [3.63, 3.8) is 0 Å². The molecule has 8 nitrogen and oxygen atoms in total. The van der Waals surface area contributed by atoms with E-state index in [1.807, 2.05) is 66.7 Å². The van der Waals surface area contributed by atoms with Crippen molar-refractivity contribution >= 4 is 51.3 Å². The summed E-state index contributed by atoms with van der Waals surface area (Å²) in [6.45, 7) is 0.200. The van der Waals surface area contributed by atoms with E-state index in [4.69, 9.17) is 9.72 Å². The molecule has 0 aliphatic heterocycles. The SMILES string of the molecule is O=C(N/N=C/c1ccc(OCc2cccc([N+](=O)[O-])c2)c(I)c1)c1cc(-c2ccccc2)nc2ccccc12. The van der Waals surface area contributed by atoms with E-state index >= 15 is 0 Å². The molecule has 0 atom stereocenters. The maximum absolute atomic E-state index is 13.1. The Morgan fingerprint density at radius 1 is 0.974 bits per heavy atom. The van der Waals surface area contributed by atoms with E-state index in [2.05, 4.69) is 33.1 Å². The topological polar surface area (TPSA) is 107 Å². The van der Waals surface area contributed by atoms with Gasteiger partial charge in [0, 0.05) is 23.1 Å². The van der Waals surface area contributed by atoms with E-state index in [0.29, 0.717) is 22.6 Å². The number of halogens is 1. The Kier molecular flexibility index (Phi) is 7.88. The maximum atomic E-state index is 13.1. The van der Waals surface area contributed by atoms with Gasteiger partial charge in [0.1, 0.15) is 12.4 Å². The zero-order valence-corrected chi connectivity index (χ0v) is 22.6. The molecule has 0 aliphatic carbocycles. The number of pyridine rings is 1. The minimum Gasteiger partial charge on any atom is -0.488 e. The molecular weight excluding hydrogens is 607 g/mol. The van der Waals surface area contributed by atoms with Crippen LogP contribution in [0.2, 0.25) is 0 Å². The lowest BCUT2D eigenvalue weighted by Gasteiger charge is -2.09. The van der Waals surface area contributed by atoms with Gasteiger partial charge in [0.05, 0.1) is 31.5 Å². The summed E-state index contributed by atoms with van der Waals surface area (Å²) in [5.41, 5.74) is 6.96. The summed E-state index contributed by atoms with van der Waals surface area (Å²) in [5, 5.41) is 15.9. The van der Waals surface area contributed by atoms with Crippen LogP contribution >= 0.6 is 22.6 Å². The fourth-order valence-corrected chi connectivity index (χ4v) is 4.68. The second-order valence-electron chi connectivity index (χ2n) is 8.54. The molecule has 0 unspecified atom stereocenters. The van der Waals surface area contributed by atoms with Gasteiger partial charge in [-0.1, -0.05) is 60.7 Å². The van der Waals surface area contributed by atoms with Crippen molar-refractivity contribution < 1.29 is 14.5 Å². The van der Waals surface area contributed by atoms with E-state index in [1.165, 1.54) is 12.1 Å². The summed E-state index contributed by atoms with van der Waals surface area (Å²) in [5.74, 6) is 0.300. The van der Waals surface area contributed by atoms with Crippen LogP contribution in [0.5, 0.6) is 5.75 Å². The van der Waals surface area contributed by atoms with Gasteiger partial charge in [0.15, 0.2) is 0 Å². The Morgan fingerprint density at radius 3 is 2.56 bits per heavy atom. The number of ether oxygens (including phenoxy) is 1. The van der Waals surface area contributed by atoms with Gasteiger partial charge in [-0.25, -0.2) is 10.4 Å². The van der Waals surface area contributed by atoms with Gasteiger partial charge in [-0.05, 0) is 64.0 Å². The molecule has 0 bridgehead atoms. The highest BCUT2D eigenvalue weighted by atomic mass is 127. The summed E-state index contributed by atoms with van der Waals surface area (Å²) < 4.78 is 6.69. The molecule has 1 N–H and O–H groups in total. The molecule has 1 heterocycles. The van der Waals surface area contributed by atoms with E-state index in [9.17, 15) is 14.9 Å². The highest BCUT2D eigenvalue weighted by Crippen LogP contribution is 2.25. The number of aromatic nitrogens is 1. The monoisotopic (exact) mass is 628 g/mol. The number of hydrazone groups is 1. The number of carbonyl (C=O) groups excluding carboxylic acids is 1. The normalized spacial score (nSPS) is 11.0. The summed E-state index contributed by atoms with van der Waals surface area (Å²) in [4.78, 5) is 28.4. The molecule has 0 fully saturated rings. The third-order valence-electron chi connectivity index (χ3n) is 5.88. The van der Waals surface area contributed by atoms with Crippen molar-refractivity contribution in [2.75, 3.05) is 0 Å². The number of fused-ring (bicyclic) bond motifs is 1. The first-order valence-electron chi connectivity index (χ1n) is 11.9. The Hall–Kier alpha value is -4.64. The van der Waals surface area contributed by atoms with E-state index in [1.54, 1.807) is 30.5 Å². The number of nitrogens with zero attached hydrogens (tertiary/aromatic N) is 3. The fraction of sp³-hybridized carbons (Fsp3) is 0.0333. The third kappa shape index (κ3) is 6.27. The molecular formula is C30H21IN4O4. The van der Waals surface area contributed by atoms with Crippen molar-refractivity contribution in [3.8, 4) is 17.0 Å². The molecule has 9 heteroatoms. The molecule has 5 aromatic rings. The minimum atomic E-state index is -0.431. The average Bonchev–Trinajstić information content (AvgIpc) is 2.96. The minimum absolute atomic E-state index is 0.0236. The number of benzene rings is 4. The van der Waals surface area contributed by atoms with Crippen LogP contribution in [0, 0.1) is 13.7 Å². The van der Waals surface area contributed by atoms with Gasteiger partial charge in [0.25, 0.3) is 11.6 Å². The van der Waals surface area contributed by atoms with E-state index in [0.717, 1.165) is 25.6 Å². The van der Waals surface area contributed by atoms with Gasteiger partial charge >= 0.3 is 0 Å². The van der Waals surface area contributed by atoms with Crippen LogP contribution in [0.15, 0.2) is 108 Å². The molecule has 0 spiro atoms. The van der Waals surface area contributed by atoms with Crippen molar-refractivity contribution in [2.45, 2.75) is 6.61 Å². The number of hydrogen-bond donors (Lipinski definition) is 1. The number of non-ortho nitro benzene ring substituents is 1. The summed E-state index contributed by atoms with van der Waals surface area (Å²) in [7, 11) is 0. The van der Waals surface area contributed by atoms with Crippen LogP contribution in [0.4, 0.5) is 5.69 Å². The van der Waals surface area contributed by atoms with Crippen molar-refractivity contribution in [3.05, 3.63) is 134 Å². The van der Waals surface area contributed by atoms with Gasteiger partial charge in [-0.3, -0.25) is 14.9 Å². The molecule has 0 aliphatic rings.